The van der Waals surface area contributed by atoms with Crippen LogP contribution in [0.5, 0.6) is 5.75 Å². The number of aryl methyl sites for hydroxylation is 1. The van der Waals surface area contributed by atoms with Gasteiger partial charge >= 0.3 is 0 Å². The molecule has 1 aromatic carbocycles. The van der Waals surface area contributed by atoms with Crippen LogP contribution in [0.4, 0.5) is 14.6 Å². The topological polar surface area (TPSA) is 59.1 Å². The van der Waals surface area contributed by atoms with Gasteiger partial charge < -0.3 is 15.4 Å². The van der Waals surface area contributed by atoms with Crippen molar-refractivity contribution in [3.05, 3.63) is 46.9 Å². The van der Waals surface area contributed by atoms with Crippen molar-refractivity contribution in [2.24, 2.45) is 5.92 Å². The Morgan fingerprint density at radius 1 is 1.26 bits per heavy atom. The van der Waals surface area contributed by atoms with Gasteiger partial charge in [0.25, 0.3) is 6.43 Å². The zero-order valence-electron chi connectivity index (χ0n) is 15.8. The van der Waals surface area contributed by atoms with Gasteiger partial charge in [-0.2, -0.15) is 0 Å². The third-order valence-corrected chi connectivity index (χ3v) is 4.98. The van der Waals surface area contributed by atoms with Gasteiger partial charge in [-0.3, -0.25) is 0 Å². The number of hydrogen-bond donors (Lipinski definition) is 2. The number of nitrogens with zero attached hydrogens (tertiary/aromatic N) is 2. The number of anilines is 1. The highest BCUT2D eigenvalue weighted by molar-refractivity contribution is 5.50. The van der Waals surface area contributed by atoms with E-state index in [0.29, 0.717) is 42.0 Å². The first-order valence-electron chi connectivity index (χ1n) is 9.32. The van der Waals surface area contributed by atoms with Crippen LogP contribution in [-0.2, 0) is 6.54 Å². The number of hydrogen-bond acceptors (Lipinski definition) is 5. The Kier molecular flexibility index (Phi) is 6.55. The molecule has 1 fully saturated rings. The number of benzene rings is 1. The van der Waals surface area contributed by atoms with Gasteiger partial charge in [0.1, 0.15) is 5.82 Å². The van der Waals surface area contributed by atoms with E-state index in [-0.39, 0.29) is 5.56 Å². The van der Waals surface area contributed by atoms with Crippen LogP contribution in [0.15, 0.2) is 24.4 Å². The highest BCUT2D eigenvalue weighted by Gasteiger charge is 2.16. The molecule has 2 heterocycles. The summed E-state index contributed by atoms with van der Waals surface area (Å²) in [6.45, 7) is 6.59. The fourth-order valence-corrected chi connectivity index (χ4v) is 3.26. The van der Waals surface area contributed by atoms with Crippen LogP contribution in [0, 0.1) is 19.8 Å². The molecule has 1 saturated heterocycles. The van der Waals surface area contributed by atoms with Crippen molar-refractivity contribution in [1.29, 1.82) is 0 Å². The van der Waals surface area contributed by atoms with Gasteiger partial charge in [-0.15, -0.1) is 0 Å². The molecule has 0 amide bonds. The van der Waals surface area contributed by atoms with Gasteiger partial charge in [-0.1, -0.05) is 18.2 Å². The first kappa shape index (κ1) is 19.5. The van der Waals surface area contributed by atoms with Crippen molar-refractivity contribution >= 4 is 5.82 Å². The van der Waals surface area contributed by atoms with E-state index in [0.717, 1.165) is 31.5 Å². The summed E-state index contributed by atoms with van der Waals surface area (Å²) < 4.78 is 32.2. The van der Waals surface area contributed by atoms with Crippen molar-refractivity contribution < 1.29 is 13.5 Å². The van der Waals surface area contributed by atoms with Gasteiger partial charge in [-0.25, -0.2) is 18.7 Å². The van der Waals surface area contributed by atoms with Crippen molar-refractivity contribution in [1.82, 2.24) is 15.3 Å². The number of aromatic nitrogens is 2. The summed E-state index contributed by atoms with van der Waals surface area (Å²) >= 11 is 0. The molecule has 1 aromatic heterocycles. The molecular weight excluding hydrogens is 350 g/mol. The highest BCUT2D eigenvalue weighted by atomic mass is 19.3. The summed E-state index contributed by atoms with van der Waals surface area (Å²) in [5, 5.41) is 6.57. The molecule has 0 spiro atoms. The van der Waals surface area contributed by atoms with Crippen LogP contribution in [0.3, 0.4) is 0 Å². The second-order valence-electron chi connectivity index (χ2n) is 6.92. The number of ether oxygens (including phenoxy) is 1. The Bertz CT molecular complexity index is 764. The smallest absolute Gasteiger partial charge is 0.264 e. The fraction of sp³-hybridized carbons (Fsp3) is 0.500. The summed E-state index contributed by atoms with van der Waals surface area (Å²) in [7, 11) is 0. The van der Waals surface area contributed by atoms with Crippen LogP contribution in [-0.4, -0.2) is 29.7 Å². The highest BCUT2D eigenvalue weighted by Crippen LogP contribution is 2.27. The normalized spacial score (nSPS) is 15.1. The lowest BCUT2D eigenvalue weighted by atomic mass is 9.99. The molecule has 0 radical (unpaired) electrons. The van der Waals surface area contributed by atoms with Crippen LogP contribution < -0.4 is 15.4 Å². The van der Waals surface area contributed by atoms with Crippen LogP contribution in [0.1, 0.15) is 41.8 Å². The molecular formula is C20H26F2N4O. The maximum absolute atomic E-state index is 13.1. The number of rotatable bonds is 7. The average molecular weight is 376 g/mol. The summed E-state index contributed by atoms with van der Waals surface area (Å²) in [4.78, 5) is 8.66. The van der Waals surface area contributed by atoms with E-state index >= 15 is 0 Å². The van der Waals surface area contributed by atoms with Gasteiger partial charge in [0, 0.05) is 12.1 Å². The van der Waals surface area contributed by atoms with Gasteiger partial charge in [0.15, 0.2) is 11.6 Å². The van der Waals surface area contributed by atoms with Crippen molar-refractivity contribution in [2.75, 3.05) is 25.0 Å². The van der Waals surface area contributed by atoms with E-state index in [9.17, 15) is 8.78 Å². The lowest BCUT2D eigenvalue weighted by Crippen LogP contribution is -2.30. The predicted octanol–water partition coefficient (Wildman–Crippen LogP) is 4.02. The summed E-state index contributed by atoms with van der Waals surface area (Å²) in [5.41, 5.74) is 1.48. The van der Waals surface area contributed by atoms with E-state index in [1.807, 2.05) is 13.0 Å². The fourth-order valence-electron chi connectivity index (χ4n) is 3.26. The summed E-state index contributed by atoms with van der Waals surface area (Å²) in [6, 6.07) is 4.97. The number of piperidine rings is 1. The quantitative estimate of drug-likeness (QED) is 0.764. The number of halogens is 2. The van der Waals surface area contributed by atoms with Gasteiger partial charge in [-0.05, 0) is 56.8 Å². The zero-order valence-corrected chi connectivity index (χ0v) is 15.8. The third-order valence-electron chi connectivity index (χ3n) is 4.98. The average Bonchev–Trinajstić information content (AvgIpc) is 2.67. The Balaban J connectivity index is 1.69. The molecule has 1 aliphatic heterocycles. The van der Waals surface area contributed by atoms with E-state index < -0.39 is 6.43 Å². The molecule has 2 N–H and O–H groups in total. The van der Waals surface area contributed by atoms with E-state index in [1.165, 1.54) is 6.07 Å². The minimum Gasteiger partial charge on any atom is -0.488 e. The molecule has 1 aliphatic rings. The minimum absolute atomic E-state index is 0.0653. The molecule has 2 aromatic rings. The first-order chi connectivity index (χ1) is 13.0. The number of nitrogens with one attached hydrogen (secondary N) is 2. The van der Waals surface area contributed by atoms with Crippen molar-refractivity contribution in [3.63, 3.8) is 0 Å². The van der Waals surface area contributed by atoms with Gasteiger partial charge in [0.05, 0.1) is 12.8 Å². The van der Waals surface area contributed by atoms with Crippen molar-refractivity contribution in [2.45, 2.75) is 39.7 Å². The Hall–Kier alpha value is -2.28. The monoisotopic (exact) mass is 376 g/mol. The molecule has 5 nitrogen and oxygen atoms in total. The molecule has 3 rings (SSSR count). The molecule has 7 heteroatoms. The molecule has 0 unspecified atom stereocenters. The minimum atomic E-state index is -2.48. The second-order valence-corrected chi connectivity index (χ2v) is 6.92. The Labute approximate surface area is 158 Å². The molecule has 0 atom stereocenters. The Morgan fingerprint density at radius 2 is 2.04 bits per heavy atom. The van der Waals surface area contributed by atoms with Crippen LogP contribution >= 0.6 is 0 Å². The predicted molar refractivity (Wildman–Crippen MR) is 101 cm³/mol. The lowest BCUT2D eigenvalue weighted by molar-refractivity contribution is 0.150. The maximum atomic E-state index is 13.1. The maximum Gasteiger partial charge on any atom is 0.264 e. The second kappa shape index (κ2) is 9.08. The molecule has 0 bridgehead atoms. The SMILES string of the molecule is Cc1ncc(OCC2CCNCC2)c(NCc2cccc(C(F)F)c2C)n1. The first-order valence-corrected chi connectivity index (χ1v) is 9.32. The van der Waals surface area contributed by atoms with E-state index in [1.54, 1.807) is 19.2 Å². The third kappa shape index (κ3) is 5.13. The molecule has 0 saturated carbocycles. The zero-order chi connectivity index (χ0) is 19.2. The van der Waals surface area contributed by atoms with Crippen LogP contribution in [0.25, 0.3) is 0 Å². The summed E-state index contributed by atoms with van der Waals surface area (Å²) in [6.07, 6.45) is 1.38. The van der Waals surface area contributed by atoms with Gasteiger partial charge in [0.2, 0.25) is 0 Å². The largest absolute Gasteiger partial charge is 0.488 e. The number of alkyl halides is 2. The molecule has 0 aliphatic carbocycles. The molecule has 146 valence electrons. The standard InChI is InChI=1S/C20H26F2N4O/c1-13-16(4-3-5-17(13)19(21)22)10-25-20-18(11-24-14(2)26-20)27-12-15-6-8-23-9-7-15/h3-5,11,15,19,23H,6-10,12H2,1-2H3,(H,24,25,26). The van der Waals surface area contributed by atoms with E-state index in [4.69, 9.17) is 4.74 Å². The molecule has 27 heavy (non-hydrogen) atoms. The van der Waals surface area contributed by atoms with Crippen molar-refractivity contribution in [3.8, 4) is 5.75 Å². The lowest BCUT2D eigenvalue weighted by Gasteiger charge is -2.23. The van der Waals surface area contributed by atoms with Crippen LogP contribution in [0.2, 0.25) is 0 Å². The van der Waals surface area contributed by atoms with E-state index in [2.05, 4.69) is 20.6 Å². The Morgan fingerprint density at radius 3 is 2.78 bits per heavy atom. The summed E-state index contributed by atoms with van der Waals surface area (Å²) in [5.74, 6) is 2.34.